The molecule has 35 heavy (non-hydrogen) atoms. The summed E-state index contributed by atoms with van der Waals surface area (Å²) in [6.07, 6.45) is 4.58. The molecule has 2 heterocycles. The van der Waals surface area contributed by atoms with E-state index < -0.39 is 0 Å². The first-order chi connectivity index (χ1) is 17.0. The molecule has 0 spiro atoms. The van der Waals surface area contributed by atoms with Crippen LogP contribution in [0, 0.1) is 5.92 Å². The van der Waals surface area contributed by atoms with E-state index in [1.165, 1.54) is 24.0 Å². The summed E-state index contributed by atoms with van der Waals surface area (Å²) in [6, 6.07) is 10.1. The minimum absolute atomic E-state index is 0.207. The number of amides is 1. The van der Waals surface area contributed by atoms with Crippen LogP contribution in [0.3, 0.4) is 0 Å². The summed E-state index contributed by atoms with van der Waals surface area (Å²) in [5.74, 6) is 3.66. The number of rotatable bonds is 9. The van der Waals surface area contributed by atoms with E-state index in [9.17, 15) is 4.79 Å². The van der Waals surface area contributed by atoms with E-state index in [0.717, 1.165) is 68.4 Å². The lowest BCUT2D eigenvalue weighted by molar-refractivity contribution is -0.131. The van der Waals surface area contributed by atoms with Crippen molar-refractivity contribution in [1.29, 1.82) is 0 Å². The number of fused-ring (bicyclic) bond motifs is 1. The van der Waals surface area contributed by atoms with Crippen LogP contribution in [0.15, 0.2) is 30.3 Å². The first kappa shape index (κ1) is 25.2. The standard InChI is InChI=1S/C28H38N2O5/c1-32-24-8-7-20(14-25(24)33-2)9-12-29-11-5-6-21(18-29)19-30-13-10-22-15-26(34-3)27(35-4)16-23(22)17-28(30)31/h7-8,14-16,21H,5-6,9-13,17-19H2,1-4H3/t21-/m0/s1. The quantitative estimate of drug-likeness (QED) is 0.544. The Bertz CT molecular complexity index is 1020. The molecule has 1 amide bonds. The number of piperidine rings is 1. The third-order valence-corrected chi connectivity index (χ3v) is 7.30. The van der Waals surface area contributed by atoms with Crippen LogP contribution in [-0.2, 0) is 24.1 Å². The molecule has 0 unspecified atom stereocenters. The summed E-state index contributed by atoms with van der Waals surface area (Å²) in [6.45, 7) is 4.73. The zero-order chi connectivity index (χ0) is 24.8. The fourth-order valence-corrected chi connectivity index (χ4v) is 5.35. The predicted molar refractivity (Wildman–Crippen MR) is 136 cm³/mol. The summed E-state index contributed by atoms with van der Waals surface area (Å²) in [5, 5.41) is 0. The van der Waals surface area contributed by atoms with Gasteiger partial charge < -0.3 is 28.7 Å². The average molecular weight is 483 g/mol. The molecule has 7 nitrogen and oxygen atoms in total. The highest BCUT2D eigenvalue weighted by Crippen LogP contribution is 2.33. The molecule has 2 aromatic rings. The Morgan fingerprint density at radius 2 is 1.54 bits per heavy atom. The topological polar surface area (TPSA) is 60.5 Å². The molecule has 0 aromatic heterocycles. The molecule has 1 fully saturated rings. The van der Waals surface area contributed by atoms with Gasteiger partial charge in [-0.15, -0.1) is 0 Å². The molecule has 2 aliphatic rings. The number of ether oxygens (including phenoxy) is 4. The van der Waals surface area contributed by atoms with Crippen molar-refractivity contribution in [2.75, 3.05) is 61.2 Å². The Hall–Kier alpha value is -2.93. The fourth-order valence-electron chi connectivity index (χ4n) is 5.35. The number of hydrogen-bond acceptors (Lipinski definition) is 6. The first-order valence-corrected chi connectivity index (χ1v) is 12.5. The lowest BCUT2D eigenvalue weighted by atomic mass is 9.96. The highest BCUT2D eigenvalue weighted by atomic mass is 16.5. The molecule has 4 rings (SSSR count). The molecule has 0 N–H and O–H groups in total. The van der Waals surface area contributed by atoms with Crippen molar-refractivity contribution in [1.82, 2.24) is 9.80 Å². The Morgan fingerprint density at radius 1 is 0.857 bits per heavy atom. The number of likely N-dealkylation sites (tertiary alicyclic amines) is 1. The Kier molecular flexibility index (Phi) is 8.39. The van der Waals surface area contributed by atoms with Gasteiger partial charge in [-0.25, -0.2) is 0 Å². The number of hydrogen-bond donors (Lipinski definition) is 0. The van der Waals surface area contributed by atoms with Crippen molar-refractivity contribution < 1.29 is 23.7 Å². The second-order valence-electron chi connectivity index (χ2n) is 9.49. The lowest BCUT2D eigenvalue weighted by Crippen LogP contribution is -2.44. The van der Waals surface area contributed by atoms with Gasteiger partial charge >= 0.3 is 0 Å². The van der Waals surface area contributed by atoms with E-state index >= 15 is 0 Å². The van der Waals surface area contributed by atoms with E-state index in [0.29, 0.717) is 18.1 Å². The predicted octanol–water partition coefficient (Wildman–Crippen LogP) is 3.60. The monoisotopic (exact) mass is 482 g/mol. The summed E-state index contributed by atoms with van der Waals surface area (Å²) >= 11 is 0. The van der Waals surface area contributed by atoms with Gasteiger partial charge in [0, 0.05) is 26.2 Å². The Morgan fingerprint density at radius 3 is 2.26 bits per heavy atom. The van der Waals surface area contributed by atoms with Gasteiger partial charge in [0.05, 0.1) is 34.9 Å². The minimum atomic E-state index is 0.207. The average Bonchev–Trinajstić information content (AvgIpc) is 3.04. The van der Waals surface area contributed by atoms with Crippen LogP contribution in [0.2, 0.25) is 0 Å². The third kappa shape index (κ3) is 6.01. The van der Waals surface area contributed by atoms with Crippen LogP contribution in [0.1, 0.15) is 29.5 Å². The molecule has 2 aliphatic heterocycles. The van der Waals surface area contributed by atoms with Crippen molar-refractivity contribution in [3.8, 4) is 23.0 Å². The van der Waals surface area contributed by atoms with Crippen LogP contribution >= 0.6 is 0 Å². The highest BCUT2D eigenvalue weighted by Gasteiger charge is 2.27. The molecule has 0 bridgehead atoms. The molecule has 1 atom stereocenters. The van der Waals surface area contributed by atoms with Crippen LogP contribution in [0.5, 0.6) is 23.0 Å². The molecule has 1 saturated heterocycles. The normalized spacial score (nSPS) is 18.6. The number of benzene rings is 2. The molecule has 2 aromatic carbocycles. The van der Waals surface area contributed by atoms with Gasteiger partial charge in [0.2, 0.25) is 5.91 Å². The van der Waals surface area contributed by atoms with Crippen LogP contribution < -0.4 is 18.9 Å². The van der Waals surface area contributed by atoms with Gasteiger partial charge in [-0.1, -0.05) is 6.07 Å². The van der Waals surface area contributed by atoms with Gasteiger partial charge in [0.1, 0.15) is 0 Å². The third-order valence-electron chi connectivity index (χ3n) is 7.30. The number of methoxy groups -OCH3 is 4. The van der Waals surface area contributed by atoms with E-state index in [1.807, 2.05) is 18.2 Å². The van der Waals surface area contributed by atoms with E-state index in [1.54, 1.807) is 28.4 Å². The molecular formula is C28H38N2O5. The van der Waals surface area contributed by atoms with Crippen molar-refractivity contribution in [2.24, 2.45) is 5.92 Å². The second kappa shape index (κ2) is 11.7. The smallest absolute Gasteiger partial charge is 0.227 e. The SMILES string of the molecule is COc1ccc(CCN2CCC[C@H](CN3CCc4cc(OC)c(OC)cc4CC3=O)C2)cc1OC. The molecule has 0 radical (unpaired) electrons. The summed E-state index contributed by atoms with van der Waals surface area (Å²) in [7, 11) is 6.62. The van der Waals surface area contributed by atoms with E-state index in [-0.39, 0.29) is 5.91 Å². The van der Waals surface area contributed by atoms with E-state index in [4.69, 9.17) is 18.9 Å². The van der Waals surface area contributed by atoms with Gasteiger partial charge in [-0.3, -0.25) is 4.79 Å². The van der Waals surface area contributed by atoms with Crippen LogP contribution in [0.25, 0.3) is 0 Å². The van der Waals surface area contributed by atoms with Crippen molar-refractivity contribution >= 4 is 5.91 Å². The summed E-state index contributed by atoms with van der Waals surface area (Å²) < 4.78 is 21.7. The molecule has 190 valence electrons. The van der Waals surface area contributed by atoms with Gasteiger partial charge in [0.15, 0.2) is 23.0 Å². The summed E-state index contributed by atoms with van der Waals surface area (Å²) in [5.41, 5.74) is 3.48. The first-order valence-electron chi connectivity index (χ1n) is 12.5. The maximum Gasteiger partial charge on any atom is 0.227 e. The number of carbonyl (C=O) groups excluding carboxylic acids is 1. The maximum atomic E-state index is 13.1. The zero-order valence-electron chi connectivity index (χ0n) is 21.5. The van der Waals surface area contributed by atoms with Crippen molar-refractivity contribution in [2.45, 2.75) is 32.1 Å². The van der Waals surface area contributed by atoms with Crippen LogP contribution in [-0.4, -0.2) is 76.9 Å². The molecule has 7 heteroatoms. The lowest BCUT2D eigenvalue weighted by Gasteiger charge is -2.35. The molecule has 0 saturated carbocycles. The Balaban J connectivity index is 1.33. The largest absolute Gasteiger partial charge is 0.493 e. The molecular weight excluding hydrogens is 444 g/mol. The van der Waals surface area contributed by atoms with Crippen molar-refractivity contribution in [3.63, 3.8) is 0 Å². The fraction of sp³-hybridized carbons (Fsp3) is 0.536. The van der Waals surface area contributed by atoms with E-state index in [2.05, 4.69) is 21.9 Å². The minimum Gasteiger partial charge on any atom is -0.493 e. The summed E-state index contributed by atoms with van der Waals surface area (Å²) in [4.78, 5) is 17.7. The highest BCUT2D eigenvalue weighted by molar-refractivity contribution is 5.80. The number of carbonyl (C=O) groups is 1. The Labute approximate surface area is 208 Å². The van der Waals surface area contributed by atoms with Crippen molar-refractivity contribution in [3.05, 3.63) is 47.0 Å². The second-order valence-corrected chi connectivity index (χ2v) is 9.49. The maximum absolute atomic E-state index is 13.1. The number of nitrogens with zero attached hydrogens (tertiary/aromatic N) is 2. The van der Waals surface area contributed by atoms with Gasteiger partial charge in [-0.05, 0) is 79.1 Å². The zero-order valence-corrected chi connectivity index (χ0v) is 21.5. The van der Waals surface area contributed by atoms with Gasteiger partial charge in [-0.2, -0.15) is 0 Å². The van der Waals surface area contributed by atoms with Gasteiger partial charge in [0.25, 0.3) is 0 Å². The van der Waals surface area contributed by atoms with Crippen LogP contribution in [0.4, 0.5) is 0 Å². The molecule has 0 aliphatic carbocycles.